The molecule has 0 spiro atoms. The zero-order valence-corrected chi connectivity index (χ0v) is 50.3. The number of rotatable bonds is 59. The monoisotopic (exact) mass is 1050 g/mol. The highest BCUT2D eigenvalue weighted by Gasteiger charge is 2.23. The van der Waals surface area contributed by atoms with Gasteiger partial charge in [0.2, 0.25) is 5.91 Å². The van der Waals surface area contributed by atoms with Crippen LogP contribution in [0.3, 0.4) is 0 Å². The van der Waals surface area contributed by atoms with Gasteiger partial charge in [0.1, 0.15) is 13.2 Å². The van der Waals surface area contributed by atoms with Crippen molar-refractivity contribution < 1.29 is 32.9 Å². The first-order valence-corrected chi connectivity index (χ1v) is 33.3. The number of aliphatic hydroxyl groups is 1. The SMILES string of the molecule is CCCCCCC/C=C\C/C=C\CCCCCCCCCCCCCCCCCCCCCCCCCCCCCCCC(=O)NC(COP(=O)([O-])OCC[N+](C)(C)C)C(O)/C=C/CCCCCCCCCC. The summed E-state index contributed by atoms with van der Waals surface area (Å²) in [4.78, 5) is 25.4. The van der Waals surface area contributed by atoms with Gasteiger partial charge in [0.05, 0.1) is 39.9 Å². The molecule has 0 aliphatic carbocycles. The van der Waals surface area contributed by atoms with Crippen LogP contribution < -0.4 is 10.2 Å². The maximum absolute atomic E-state index is 12.9. The molecule has 73 heavy (non-hydrogen) atoms. The van der Waals surface area contributed by atoms with Crippen molar-refractivity contribution in [3.05, 3.63) is 36.5 Å². The number of likely N-dealkylation sites (N-methyl/N-ethyl adjacent to an activating group) is 1. The van der Waals surface area contributed by atoms with E-state index in [0.717, 1.165) is 44.9 Å². The quantitative estimate of drug-likeness (QED) is 0.0272. The zero-order valence-electron chi connectivity index (χ0n) is 49.4. The normalized spacial score (nSPS) is 14.0. The second-order valence-electron chi connectivity index (χ2n) is 23.1. The summed E-state index contributed by atoms with van der Waals surface area (Å²) in [6, 6.07) is -0.882. The zero-order chi connectivity index (χ0) is 53.5. The number of hydrogen-bond donors (Lipinski definition) is 2. The van der Waals surface area contributed by atoms with E-state index in [-0.39, 0.29) is 19.1 Å². The van der Waals surface area contributed by atoms with Crippen LogP contribution >= 0.6 is 7.82 Å². The first kappa shape index (κ1) is 71.7. The van der Waals surface area contributed by atoms with Crippen LogP contribution in [0.1, 0.15) is 316 Å². The molecular formula is C64H125N2O6P. The first-order chi connectivity index (χ1) is 35.5. The van der Waals surface area contributed by atoms with Gasteiger partial charge in [0.15, 0.2) is 0 Å². The minimum atomic E-state index is -4.59. The first-order valence-electron chi connectivity index (χ1n) is 31.9. The molecule has 0 rings (SSSR count). The van der Waals surface area contributed by atoms with Gasteiger partial charge in [-0.15, -0.1) is 0 Å². The topological polar surface area (TPSA) is 108 Å². The fourth-order valence-electron chi connectivity index (χ4n) is 9.60. The number of amides is 1. The molecular weight excluding hydrogens is 924 g/mol. The lowest BCUT2D eigenvalue weighted by molar-refractivity contribution is -0.870. The second-order valence-corrected chi connectivity index (χ2v) is 24.5. The third kappa shape index (κ3) is 58.2. The van der Waals surface area contributed by atoms with Gasteiger partial charge >= 0.3 is 0 Å². The number of nitrogens with one attached hydrogen (secondary N) is 1. The van der Waals surface area contributed by atoms with E-state index in [0.29, 0.717) is 17.4 Å². The van der Waals surface area contributed by atoms with E-state index in [1.165, 1.54) is 250 Å². The highest BCUT2D eigenvalue weighted by molar-refractivity contribution is 7.45. The largest absolute Gasteiger partial charge is 0.756 e. The summed E-state index contributed by atoms with van der Waals surface area (Å²) in [5, 5.41) is 13.8. The number of quaternary nitrogens is 1. The van der Waals surface area contributed by atoms with Gasteiger partial charge in [-0.2, -0.15) is 0 Å². The fraction of sp³-hybridized carbons (Fsp3) is 0.891. The Labute approximate surface area is 455 Å². The van der Waals surface area contributed by atoms with E-state index in [1.807, 2.05) is 27.2 Å². The van der Waals surface area contributed by atoms with Gasteiger partial charge in [0, 0.05) is 6.42 Å². The van der Waals surface area contributed by atoms with Gasteiger partial charge in [-0.3, -0.25) is 9.36 Å². The lowest BCUT2D eigenvalue weighted by Crippen LogP contribution is -2.45. The van der Waals surface area contributed by atoms with E-state index < -0.39 is 20.0 Å². The molecule has 0 heterocycles. The van der Waals surface area contributed by atoms with Crippen LogP contribution in [0.2, 0.25) is 0 Å². The molecule has 9 heteroatoms. The van der Waals surface area contributed by atoms with E-state index in [9.17, 15) is 19.4 Å². The maximum Gasteiger partial charge on any atom is 0.268 e. The summed E-state index contributed by atoms with van der Waals surface area (Å²) in [5.41, 5.74) is 0. The van der Waals surface area contributed by atoms with E-state index in [4.69, 9.17) is 9.05 Å². The van der Waals surface area contributed by atoms with Crippen LogP contribution in [0.25, 0.3) is 0 Å². The molecule has 0 saturated heterocycles. The molecule has 432 valence electrons. The molecule has 0 aromatic carbocycles. The fourth-order valence-corrected chi connectivity index (χ4v) is 10.3. The Morgan fingerprint density at radius 1 is 0.479 bits per heavy atom. The predicted molar refractivity (Wildman–Crippen MR) is 316 cm³/mol. The Morgan fingerprint density at radius 3 is 1.14 bits per heavy atom. The highest BCUT2D eigenvalue weighted by atomic mass is 31.2. The Balaban J connectivity index is 3.76. The van der Waals surface area contributed by atoms with Crippen LogP contribution in [0.4, 0.5) is 0 Å². The number of carbonyl (C=O) groups excluding carboxylic acids is 1. The number of aliphatic hydroxyl groups excluding tert-OH is 1. The van der Waals surface area contributed by atoms with Crippen molar-refractivity contribution in [2.45, 2.75) is 328 Å². The summed E-state index contributed by atoms with van der Waals surface area (Å²) in [7, 11) is 1.27. The summed E-state index contributed by atoms with van der Waals surface area (Å²) in [5.74, 6) is -0.194. The molecule has 3 unspecified atom stereocenters. The molecule has 0 aliphatic rings. The lowest BCUT2D eigenvalue weighted by Gasteiger charge is -2.29. The maximum atomic E-state index is 12.9. The van der Waals surface area contributed by atoms with E-state index in [2.05, 4.69) is 43.5 Å². The van der Waals surface area contributed by atoms with Crippen molar-refractivity contribution in [3.8, 4) is 0 Å². The molecule has 3 atom stereocenters. The Bertz CT molecular complexity index is 1280. The van der Waals surface area contributed by atoms with Gasteiger partial charge in [-0.05, 0) is 51.4 Å². The number of allylic oxidation sites excluding steroid dienone is 5. The molecule has 8 nitrogen and oxygen atoms in total. The second kappa shape index (κ2) is 55.5. The van der Waals surface area contributed by atoms with Crippen molar-refractivity contribution in [1.29, 1.82) is 0 Å². The molecule has 0 fully saturated rings. The average Bonchev–Trinajstić information content (AvgIpc) is 3.35. The number of hydrogen-bond acceptors (Lipinski definition) is 6. The predicted octanol–water partition coefficient (Wildman–Crippen LogP) is 19.1. The van der Waals surface area contributed by atoms with Crippen LogP contribution in [0, 0.1) is 0 Å². The van der Waals surface area contributed by atoms with Crippen molar-refractivity contribution in [3.63, 3.8) is 0 Å². The van der Waals surface area contributed by atoms with Crippen molar-refractivity contribution in [1.82, 2.24) is 5.32 Å². The Morgan fingerprint density at radius 2 is 0.795 bits per heavy atom. The van der Waals surface area contributed by atoms with Crippen LogP contribution in [0.5, 0.6) is 0 Å². The molecule has 0 saturated carbocycles. The average molecular weight is 1050 g/mol. The molecule has 2 N–H and O–H groups in total. The number of nitrogens with zero attached hydrogens (tertiary/aromatic N) is 1. The van der Waals surface area contributed by atoms with Gasteiger partial charge in [-0.25, -0.2) is 0 Å². The minimum Gasteiger partial charge on any atom is -0.756 e. The lowest BCUT2D eigenvalue weighted by atomic mass is 10.0. The highest BCUT2D eigenvalue weighted by Crippen LogP contribution is 2.38. The summed E-state index contributed by atoms with van der Waals surface area (Å²) < 4.78 is 23.3. The molecule has 0 aromatic heterocycles. The summed E-state index contributed by atoms with van der Waals surface area (Å²) in [6.45, 7) is 4.64. The molecule has 0 aliphatic heterocycles. The van der Waals surface area contributed by atoms with Crippen molar-refractivity contribution >= 4 is 13.7 Å². The van der Waals surface area contributed by atoms with Gasteiger partial charge < -0.3 is 28.8 Å². The van der Waals surface area contributed by atoms with Crippen molar-refractivity contribution in [2.24, 2.45) is 0 Å². The number of phosphoric ester groups is 1. The van der Waals surface area contributed by atoms with E-state index in [1.54, 1.807) is 6.08 Å². The minimum absolute atomic E-state index is 0.00101. The van der Waals surface area contributed by atoms with Gasteiger partial charge in [0.25, 0.3) is 7.82 Å². The number of unbranched alkanes of at least 4 members (excludes halogenated alkanes) is 42. The molecule has 0 bridgehead atoms. The third-order valence-electron chi connectivity index (χ3n) is 14.6. The Kier molecular flexibility index (Phi) is 54.5. The van der Waals surface area contributed by atoms with Crippen LogP contribution in [0.15, 0.2) is 36.5 Å². The molecule has 0 aromatic rings. The van der Waals surface area contributed by atoms with Crippen LogP contribution in [-0.4, -0.2) is 68.5 Å². The number of carbonyl (C=O) groups is 1. The summed E-state index contributed by atoms with van der Waals surface area (Å²) in [6.07, 6.45) is 72.8. The number of phosphoric acid groups is 1. The summed E-state index contributed by atoms with van der Waals surface area (Å²) >= 11 is 0. The van der Waals surface area contributed by atoms with Gasteiger partial charge in [-0.1, -0.05) is 294 Å². The van der Waals surface area contributed by atoms with E-state index >= 15 is 0 Å². The van der Waals surface area contributed by atoms with Crippen LogP contribution in [-0.2, 0) is 18.4 Å². The Hall–Kier alpha value is -1.28. The molecule has 0 radical (unpaired) electrons. The third-order valence-corrected chi connectivity index (χ3v) is 15.6. The standard InChI is InChI=1S/C64H125N2O6P/c1-6-8-10-12-14-16-18-19-20-21-22-23-24-25-26-27-28-29-30-31-32-33-34-35-36-37-38-39-40-41-42-43-44-45-46-47-48-50-52-54-56-58-64(68)65-62(61-72-73(69,70)71-60-59-66(3,4)5)63(67)57-55-53-51-49-17-15-13-11-9-7-2/h18-19,21-22,55,57,62-63,67H,6-17,20,23-54,56,58-61H2,1-5H3,(H-,65,68,69,70)/b19-18-,22-21-,57-55+. The molecule has 1 amide bonds. The van der Waals surface area contributed by atoms with Crippen molar-refractivity contribution in [2.75, 3.05) is 40.9 Å². The smallest absolute Gasteiger partial charge is 0.268 e.